The van der Waals surface area contributed by atoms with Gasteiger partial charge in [0.05, 0.1) is 12.8 Å². The van der Waals surface area contributed by atoms with Crippen molar-refractivity contribution in [2.75, 3.05) is 18.0 Å². The monoisotopic (exact) mass is 436 g/mol. The van der Waals surface area contributed by atoms with E-state index in [1.54, 1.807) is 49.4 Å². The van der Waals surface area contributed by atoms with Crippen molar-refractivity contribution < 1.29 is 17.9 Å². The Morgan fingerprint density at radius 1 is 1.17 bits per heavy atom. The third-order valence-corrected chi connectivity index (χ3v) is 7.06. The molecule has 8 heteroatoms. The molecule has 0 aromatic heterocycles. The molecule has 0 saturated heterocycles. The molecular formula is C21H25ClN2O4S. The number of nitrogens with zero attached hydrogens (tertiary/aromatic N) is 1. The number of amides is 1. The summed E-state index contributed by atoms with van der Waals surface area (Å²) in [6.07, 6.45) is 3.99. The number of ether oxygens (including phenoxy) is 1. The van der Waals surface area contributed by atoms with Gasteiger partial charge in [-0.05, 0) is 61.7 Å². The molecule has 1 aliphatic carbocycles. The number of hydrogen-bond acceptors (Lipinski definition) is 4. The first-order valence-electron chi connectivity index (χ1n) is 9.53. The van der Waals surface area contributed by atoms with E-state index in [9.17, 15) is 13.2 Å². The van der Waals surface area contributed by atoms with Gasteiger partial charge in [-0.25, -0.2) is 8.42 Å². The van der Waals surface area contributed by atoms with Crippen LogP contribution >= 0.6 is 11.6 Å². The lowest BCUT2D eigenvalue weighted by atomic mass is 10.2. The quantitative estimate of drug-likeness (QED) is 0.713. The highest BCUT2D eigenvalue weighted by Gasteiger charge is 2.31. The molecule has 0 heterocycles. The number of sulfonamides is 1. The maximum absolute atomic E-state index is 13.6. The van der Waals surface area contributed by atoms with E-state index in [1.165, 1.54) is 7.11 Å². The van der Waals surface area contributed by atoms with Crippen molar-refractivity contribution in [1.82, 2.24) is 5.32 Å². The molecule has 0 unspecified atom stereocenters. The van der Waals surface area contributed by atoms with Crippen LogP contribution in [-0.2, 0) is 14.8 Å². The zero-order valence-electron chi connectivity index (χ0n) is 16.5. The predicted molar refractivity (Wildman–Crippen MR) is 114 cm³/mol. The van der Waals surface area contributed by atoms with Crippen molar-refractivity contribution in [3.63, 3.8) is 0 Å². The molecule has 1 fully saturated rings. The highest BCUT2D eigenvalue weighted by molar-refractivity contribution is 7.93. The second kappa shape index (κ2) is 9.05. The third-order valence-electron chi connectivity index (χ3n) is 5.01. The van der Waals surface area contributed by atoms with E-state index in [-0.39, 0.29) is 29.1 Å². The Morgan fingerprint density at radius 3 is 2.45 bits per heavy atom. The van der Waals surface area contributed by atoms with Crippen molar-refractivity contribution in [2.24, 2.45) is 0 Å². The lowest BCUT2D eigenvalue weighted by Gasteiger charge is -2.26. The van der Waals surface area contributed by atoms with E-state index in [2.05, 4.69) is 5.32 Å². The van der Waals surface area contributed by atoms with Gasteiger partial charge in [-0.2, -0.15) is 0 Å². The minimum Gasteiger partial charge on any atom is -0.495 e. The van der Waals surface area contributed by atoms with Gasteiger partial charge in [-0.15, -0.1) is 0 Å². The minimum absolute atomic E-state index is 0.0172. The molecule has 29 heavy (non-hydrogen) atoms. The van der Waals surface area contributed by atoms with Crippen LogP contribution in [0.5, 0.6) is 5.75 Å². The lowest BCUT2D eigenvalue weighted by Crippen LogP contribution is -2.43. The largest absolute Gasteiger partial charge is 0.495 e. The van der Waals surface area contributed by atoms with Crippen molar-refractivity contribution in [2.45, 2.75) is 43.5 Å². The highest BCUT2D eigenvalue weighted by atomic mass is 35.5. The van der Waals surface area contributed by atoms with Crippen LogP contribution in [0.3, 0.4) is 0 Å². The lowest BCUT2D eigenvalue weighted by molar-refractivity contribution is -0.120. The zero-order valence-corrected chi connectivity index (χ0v) is 18.1. The zero-order chi connectivity index (χ0) is 21.0. The Morgan fingerprint density at radius 2 is 1.83 bits per heavy atom. The van der Waals surface area contributed by atoms with E-state index in [4.69, 9.17) is 16.3 Å². The first-order chi connectivity index (χ1) is 13.8. The number of carbonyl (C=O) groups excluding carboxylic acids is 1. The van der Waals surface area contributed by atoms with Crippen LogP contribution in [0.25, 0.3) is 0 Å². The van der Waals surface area contributed by atoms with Crippen LogP contribution < -0.4 is 14.4 Å². The molecule has 1 amide bonds. The summed E-state index contributed by atoms with van der Waals surface area (Å²) < 4.78 is 33.5. The van der Waals surface area contributed by atoms with Crippen LogP contribution in [0.2, 0.25) is 5.02 Å². The molecule has 2 aromatic rings. The number of carbonyl (C=O) groups is 1. The van der Waals surface area contributed by atoms with E-state index in [0.717, 1.165) is 35.6 Å². The summed E-state index contributed by atoms with van der Waals surface area (Å²) in [6, 6.07) is 11.4. The number of methoxy groups -OCH3 is 1. The Hall–Kier alpha value is -2.25. The maximum Gasteiger partial charge on any atom is 0.268 e. The summed E-state index contributed by atoms with van der Waals surface area (Å²) in [6.45, 7) is 1.48. The van der Waals surface area contributed by atoms with E-state index < -0.39 is 10.0 Å². The van der Waals surface area contributed by atoms with Crippen LogP contribution in [0.1, 0.15) is 31.2 Å². The topological polar surface area (TPSA) is 75.7 Å². The van der Waals surface area contributed by atoms with Crippen LogP contribution in [0, 0.1) is 6.92 Å². The molecule has 156 valence electrons. The average Bonchev–Trinajstić information content (AvgIpc) is 3.19. The van der Waals surface area contributed by atoms with Crippen molar-refractivity contribution in [3.8, 4) is 5.75 Å². The normalized spacial score (nSPS) is 14.6. The SMILES string of the molecule is COc1ccc(C)cc1S(=O)(=O)N(CC(=O)NC1CCCC1)c1ccc(Cl)cc1. The van der Waals surface area contributed by atoms with Gasteiger partial charge >= 0.3 is 0 Å². The van der Waals surface area contributed by atoms with Crippen molar-refractivity contribution in [3.05, 3.63) is 53.1 Å². The molecule has 1 aliphatic rings. The molecule has 2 aromatic carbocycles. The average molecular weight is 437 g/mol. The molecule has 0 radical (unpaired) electrons. The van der Waals surface area contributed by atoms with Gasteiger partial charge in [0.1, 0.15) is 17.2 Å². The van der Waals surface area contributed by atoms with Gasteiger partial charge in [-0.3, -0.25) is 9.10 Å². The molecular weight excluding hydrogens is 412 g/mol. The second-order valence-electron chi connectivity index (χ2n) is 7.19. The Labute approximate surface area is 176 Å². The Balaban J connectivity index is 1.98. The van der Waals surface area contributed by atoms with Crippen molar-refractivity contribution in [1.29, 1.82) is 0 Å². The summed E-state index contributed by atoms with van der Waals surface area (Å²) in [7, 11) is -2.64. The molecule has 3 rings (SSSR count). The van der Waals surface area contributed by atoms with E-state index >= 15 is 0 Å². The number of rotatable bonds is 7. The van der Waals surface area contributed by atoms with Gasteiger partial charge in [-0.1, -0.05) is 30.5 Å². The van der Waals surface area contributed by atoms with Crippen LogP contribution in [0.4, 0.5) is 5.69 Å². The summed E-state index contributed by atoms with van der Waals surface area (Å²) >= 11 is 5.97. The fraction of sp³-hybridized carbons (Fsp3) is 0.381. The van der Waals surface area contributed by atoms with Gasteiger partial charge in [0.25, 0.3) is 10.0 Å². The summed E-state index contributed by atoms with van der Waals surface area (Å²) in [5.41, 5.74) is 1.13. The second-order valence-corrected chi connectivity index (χ2v) is 9.46. The predicted octanol–water partition coefficient (Wildman–Crippen LogP) is 3.91. The fourth-order valence-corrected chi connectivity index (χ4v) is 5.29. The number of anilines is 1. The standard InChI is InChI=1S/C21H25ClN2O4S/c1-15-7-12-19(28-2)20(13-15)29(26,27)24(18-10-8-16(22)9-11-18)14-21(25)23-17-5-3-4-6-17/h7-13,17H,3-6,14H2,1-2H3,(H,23,25). The first kappa shape index (κ1) is 21.5. The molecule has 1 N–H and O–H groups in total. The molecule has 0 spiro atoms. The van der Waals surface area contributed by atoms with Gasteiger partial charge < -0.3 is 10.1 Å². The smallest absolute Gasteiger partial charge is 0.268 e. The molecule has 0 bridgehead atoms. The van der Waals surface area contributed by atoms with Gasteiger partial charge in [0.15, 0.2) is 0 Å². The Kier molecular flexibility index (Phi) is 6.70. The Bertz CT molecular complexity index is 971. The minimum atomic E-state index is -4.06. The molecule has 0 atom stereocenters. The third kappa shape index (κ3) is 5.03. The van der Waals surface area contributed by atoms with Crippen LogP contribution in [0.15, 0.2) is 47.4 Å². The van der Waals surface area contributed by atoms with Crippen LogP contribution in [-0.4, -0.2) is 34.0 Å². The first-order valence-corrected chi connectivity index (χ1v) is 11.4. The summed E-state index contributed by atoms with van der Waals surface area (Å²) in [5.74, 6) is -0.104. The fourth-order valence-electron chi connectivity index (χ4n) is 3.50. The molecule has 0 aliphatic heterocycles. The number of halogens is 1. The van der Waals surface area contributed by atoms with Gasteiger partial charge in [0.2, 0.25) is 5.91 Å². The number of hydrogen-bond donors (Lipinski definition) is 1. The summed E-state index contributed by atoms with van der Waals surface area (Å²) in [5, 5.41) is 3.43. The van der Waals surface area contributed by atoms with Gasteiger partial charge in [0, 0.05) is 11.1 Å². The number of nitrogens with one attached hydrogen (secondary N) is 1. The molecule has 6 nitrogen and oxygen atoms in total. The number of benzene rings is 2. The highest BCUT2D eigenvalue weighted by Crippen LogP contribution is 2.31. The number of aryl methyl sites for hydroxylation is 1. The summed E-state index contributed by atoms with van der Waals surface area (Å²) in [4.78, 5) is 12.7. The van der Waals surface area contributed by atoms with E-state index in [0.29, 0.717) is 10.7 Å². The van der Waals surface area contributed by atoms with Crippen molar-refractivity contribution >= 4 is 33.2 Å². The molecule has 1 saturated carbocycles. The maximum atomic E-state index is 13.6. The van der Waals surface area contributed by atoms with E-state index in [1.807, 2.05) is 0 Å².